The molecule has 1 aliphatic heterocycles. The highest BCUT2D eigenvalue weighted by Crippen LogP contribution is 2.11. The van der Waals surface area contributed by atoms with Crippen LogP contribution in [0.15, 0.2) is 12.5 Å². The average molecular weight is 220 g/mol. The predicted octanol–water partition coefficient (Wildman–Crippen LogP) is 0.219. The number of aromatic nitrogens is 2. The molecule has 1 amide bonds. The van der Waals surface area contributed by atoms with Gasteiger partial charge in [-0.2, -0.15) is 0 Å². The molecule has 2 heterocycles. The van der Waals surface area contributed by atoms with Crippen LogP contribution in [0.2, 0.25) is 0 Å². The van der Waals surface area contributed by atoms with Gasteiger partial charge >= 0.3 is 0 Å². The number of piperazine rings is 1. The van der Waals surface area contributed by atoms with Gasteiger partial charge < -0.3 is 10.2 Å². The number of amides is 1. The standard InChI is InChI=1S/C11H16N4O/c1-8-5-12-3-4-15(8)11(16)10-6-13-7-14-9(10)2/h6-8,12H,3-5H2,1-2H3/t8-/m1/s1. The lowest BCUT2D eigenvalue weighted by atomic mass is 10.1. The number of hydrogen-bond donors (Lipinski definition) is 1. The van der Waals surface area contributed by atoms with Crippen LogP contribution in [0.3, 0.4) is 0 Å². The molecule has 5 nitrogen and oxygen atoms in total. The number of aryl methyl sites for hydroxylation is 1. The van der Waals surface area contributed by atoms with Crippen LogP contribution < -0.4 is 5.32 Å². The van der Waals surface area contributed by atoms with Gasteiger partial charge in [-0.1, -0.05) is 0 Å². The lowest BCUT2D eigenvalue weighted by Gasteiger charge is -2.34. The molecule has 2 rings (SSSR count). The molecule has 0 spiro atoms. The molecule has 0 unspecified atom stereocenters. The molecule has 86 valence electrons. The second-order valence-corrected chi connectivity index (χ2v) is 4.07. The van der Waals surface area contributed by atoms with Crippen molar-refractivity contribution in [3.63, 3.8) is 0 Å². The Morgan fingerprint density at radius 1 is 1.62 bits per heavy atom. The normalized spacial score (nSPS) is 20.9. The summed E-state index contributed by atoms with van der Waals surface area (Å²) in [5.41, 5.74) is 1.35. The molecule has 1 fully saturated rings. The summed E-state index contributed by atoms with van der Waals surface area (Å²) in [6.07, 6.45) is 3.06. The third-order valence-electron chi connectivity index (χ3n) is 2.90. The van der Waals surface area contributed by atoms with Crippen LogP contribution in [0.5, 0.6) is 0 Å². The van der Waals surface area contributed by atoms with E-state index in [4.69, 9.17) is 0 Å². The number of hydrogen-bond acceptors (Lipinski definition) is 4. The minimum atomic E-state index is 0.0344. The summed E-state index contributed by atoms with van der Waals surface area (Å²) in [6.45, 7) is 6.32. The van der Waals surface area contributed by atoms with E-state index in [1.165, 1.54) is 6.33 Å². The van der Waals surface area contributed by atoms with Gasteiger partial charge in [-0.25, -0.2) is 9.97 Å². The van der Waals surface area contributed by atoms with Crippen LogP contribution >= 0.6 is 0 Å². The molecule has 0 saturated carbocycles. The molecule has 1 atom stereocenters. The zero-order valence-corrected chi connectivity index (χ0v) is 9.60. The summed E-state index contributed by atoms with van der Waals surface area (Å²) in [4.78, 5) is 22.1. The molecule has 1 saturated heterocycles. The molecule has 1 aliphatic rings. The average Bonchev–Trinajstić information content (AvgIpc) is 2.29. The summed E-state index contributed by atoms with van der Waals surface area (Å²) in [5, 5.41) is 3.26. The molecule has 1 aromatic rings. The number of carbonyl (C=O) groups is 1. The quantitative estimate of drug-likeness (QED) is 0.735. The highest BCUT2D eigenvalue weighted by Gasteiger charge is 2.25. The van der Waals surface area contributed by atoms with Crippen molar-refractivity contribution in [1.82, 2.24) is 20.2 Å². The fraction of sp³-hybridized carbons (Fsp3) is 0.545. The van der Waals surface area contributed by atoms with Gasteiger partial charge in [-0.3, -0.25) is 4.79 Å². The Kier molecular flexibility index (Phi) is 3.14. The number of nitrogens with zero attached hydrogens (tertiary/aromatic N) is 3. The van der Waals surface area contributed by atoms with Crippen molar-refractivity contribution in [3.8, 4) is 0 Å². The maximum Gasteiger partial charge on any atom is 0.257 e. The van der Waals surface area contributed by atoms with Crippen molar-refractivity contribution in [2.45, 2.75) is 19.9 Å². The first-order valence-corrected chi connectivity index (χ1v) is 5.48. The molecule has 0 bridgehead atoms. The van der Waals surface area contributed by atoms with E-state index >= 15 is 0 Å². The molecule has 1 aromatic heterocycles. The fourth-order valence-electron chi connectivity index (χ4n) is 1.90. The van der Waals surface area contributed by atoms with Gasteiger partial charge in [-0.05, 0) is 13.8 Å². The van der Waals surface area contributed by atoms with Crippen LogP contribution in [-0.4, -0.2) is 46.5 Å². The predicted molar refractivity (Wildman–Crippen MR) is 60.1 cm³/mol. The van der Waals surface area contributed by atoms with Crippen LogP contribution in [0.25, 0.3) is 0 Å². The van der Waals surface area contributed by atoms with Crippen LogP contribution in [0, 0.1) is 6.92 Å². The summed E-state index contributed by atoms with van der Waals surface area (Å²) in [6, 6.07) is 0.223. The third kappa shape index (κ3) is 2.04. The Labute approximate surface area is 94.9 Å². The van der Waals surface area contributed by atoms with E-state index in [-0.39, 0.29) is 11.9 Å². The number of nitrogens with one attached hydrogen (secondary N) is 1. The van der Waals surface area contributed by atoms with E-state index in [0.717, 1.165) is 25.3 Å². The third-order valence-corrected chi connectivity index (χ3v) is 2.90. The zero-order valence-electron chi connectivity index (χ0n) is 9.60. The second-order valence-electron chi connectivity index (χ2n) is 4.07. The maximum absolute atomic E-state index is 12.2. The van der Waals surface area contributed by atoms with Gasteiger partial charge in [0.05, 0.1) is 11.3 Å². The van der Waals surface area contributed by atoms with Crippen LogP contribution in [0.1, 0.15) is 23.0 Å². The van der Waals surface area contributed by atoms with Crippen molar-refractivity contribution in [2.24, 2.45) is 0 Å². The molecule has 0 aliphatic carbocycles. The van der Waals surface area contributed by atoms with E-state index in [1.807, 2.05) is 18.7 Å². The second kappa shape index (κ2) is 4.57. The molecular formula is C11H16N4O. The van der Waals surface area contributed by atoms with E-state index in [2.05, 4.69) is 15.3 Å². The van der Waals surface area contributed by atoms with E-state index in [0.29, 0.717) is 5.56 Å². The largest absolute Gasteiger partial charge is 0.333 e. The number of carbonyl (C=O) groups excluding carboxylic acids is 1. The topological polar surface area (TPSA) is 58.1 Å². The van der Waals surface area contributed by atoms with Crippen molar-refractivity contribution < 1.29 is 4.79 Å². The summed E-state index contributed by atoms with van der Waals surface area (Å²) < 4.78 is 0. The molecular weight excluding hydrogens is 204 g/mol. The summed E-state index contributed by atoms with van der Waals surface area (Å²) >= 11 is 0. The molecule has 0 radical (unpaired) electrons. The SMILES string of the molecule is Cc1ncncc1C(=O)N1CCNC[C@H]1C. The van der Waals surface area contributed by atoms with Crippen molar-refractivity contribution in [1.29, 1.82) is 0 Å². The monoisotopic (exact) mass is 220 g/mol. The Morgan fingerprint density at radius 3 is 3.12 bits per heavy atom. The summed E-state index contributed by atoms with van der Waals surface area (Å²) in [7, 11) is 0. The molecule has 16 heavy (non-hydrogen) atoms. The molecule has 5 heteroatoms. The fourth-order valence-corrected chi connectivity index (χ4v) is 1.90. The maximum atomic E-state index is 12.2. The van der Waals surface area contributed by atoms with Crippen LogP contribution in [-0.2, 0) is 0 Å². The first-order chi connectivity index (χ1) is 7.70. The first-order valence-electron chi connectivity index (χ1n) is 5.48. The smallest absolute Gasteiger partial charge is 0.257 e. The van der Waals surface area contributed by atoms with Crippen LogP contribution in [0.4, 0.5) is 0 Å². The van der Waals surface area contributed by atoms with Crippen molar-refractivity contribution >= 4 is 5.91 Å². The minimum absolute atomic E-state index is 0.0344. The van der Waals surface area contributed by atoms with Gasteiger partial charge in [0.15, 0.2) is 0 Å². The Bertz CT molecular complexity index is 393. The Hall–Kier alpha value is -1.49. The van der Waals surface area contributed by atoms with Gasteiger partial charge in [0.1, 0.15) is 6.33 Å². The lowest BCUT2D eigenvalue weighted by Crippen LogP contribution is -2.52. The lowest BCUT2D eigenvalue weighted by molar-refractivity contribution is 0.0654. The molecule has 0 aromatic carbocycles. The highest BCUT2D eigenvalue weighted by molar-refractivity contribution is 5.95. The summed E-state index contributed by atoms with van der Waals surface area (Å²) in [5.74, 6) is 0.0344. The Balaban J connectivity index is 2.21. The van der Waals surface area contributed by atoms with Gasteiger partial charge in [0.25, 0.3) is 5.91 Å². The van der Waals surface area contributed by atoms with Crippen molar-refractivity contribution in [3.05, 3.63) is 23.8 Å². The minimum Gasteiger partial charge on any atom is -0.333 e. The van der Waals surface area contributed by atoms with Gasteiger partial charge in [0.2, 0.25) is 0 Å². The highest BCUT2D eigenvalue weighted by atomic mass is 16.2. The first kappa shape index (κ1) is 11.0. The van der Waals surface area contributed by atoms with Gasteiger partial charge in [0, 0.05) is 31.9 Å². The molecule has 1 N–H and O–H groups in total. The van der Waals surface area contributed by atoms with Crippen molar-refractivity contribution in [2.75, 3.05) is 19.6 Å². The Morgan fingerprint density at radius 2 is 2.44 bits per heavy atom. The van der Waals surface area contributed by atoms with E-state index in [1.54, 1.807) is 6.20 Å². The van der Waals surface area contributed by atoms with E-state index < -0.39 is 0 Å². The van der Waals surface area contributed by atoms with Gasteiger partial charge in [-0.15, -0.1) is 0 Å². The van der Waals surface area contributed by atoms with E-state index in [9.17, 15) is 4.79 Å². The zero-order chi connectivity index (χ0) is 11.5. The number of rotatable bonds is 1.